The first-order valence-electron chi connectivity index (χ1n) is 10.2. The van der Waals surface area contributed by atoms with E-state index in [1.54, 1.807) is 18.3 Å². The largest absolute Gasteiger partial charge is 0.346 e. The van der Waals surface area contributed by atoms with E-state index in [2.05, 4.69) is 10.3 Å². The van der Waals surface area contributed by atoms with Gasteiger partial charge in [0.25, 0.3) is 5.91 Å². The summed E-state index contributed by atoms with van der Waals surface area (Å²) in [7, 11) is 0. The number of nitrogens with one attached hydrogen (secondary N) is 1. The summed E-state index contributed by atoms with van der Waals surface area (Å²) in [5.41, 5.74) is 1.68. The lowest BCUT2D eigenvalue weighted by Crippen LogP contribution is -2.59. The molecular formula is C23H25FN2OS. The molecule has 4 aliphatic carbocycles. The van der Waals surface area contributed by atoms with Crippen LogP contribution in [0.1, 0.15) is 54.4 Å². The SMILES string of the molecule is O=C(NC12CC3CC(CC(C3)C1)C2)c1cccnc1SCc1ccc(F)cc1. The van der Waals surface area contributed by atoms with Crippen molar-refractivity contribution in [1.29, 1.82) is 0 Å². The number of hydrogen-bond acceptors (Lipinski definition) is 3. The third kappa shape index (κ3) is 3.57. The molecule has 5 heteroatoms. The molecule has 1 N–H and O–H groups in total. The van der Waals surface area contributed by atoms with E-state index in [-0.39, 0.29) is 17.3 Å². The fourth-order valence-corrected chi connectivity index (χ4v) is 6.93. The van der Waals surface area contributed by atoms with Crippen molar-refractivity contribution in [2.45, 2.75) is 54.8 Å². The maximum Gasteiger partial charge on any atom is 0.254 e. The van der Waals surface area contributed by atoms with Gasteiger partial charge >= 0.3 is 0 Å². The topological polar surface area (TPSA) is 42.0 Å². The number of nitrogens with zero attached hydrogens (tertiary/aromatic N) is 1. The Bertz CT molecular complexity index is 847. The summed E-state index contributed by atoms with van der Waals surface area (Å²) in [6.07, 6.45) is 9.24. The van der Waals surface area contributed by atoms with Gasteiger partial charge in [-0.05, 0) is 86.1 Å². The predicted molar refractivity (Wildman–Crippen MR) is 109 cm³/mol. The van der Waals surface area contributed by atoms with E-state index >= 15 is 0 Å². The molecule has 0 unspecified atom stereocenters. The molecule has 4 bridgehead atoms. The number of rotatable bonds is 5. The minimum Gasteiger partial charge on any atom is -0.346 e. The van der Waals surface area contributed by atoms with Crippen LogP contribution >= 0.6 is 11.8 Å². The minimum atomic E-state index is -0.234. The third-order valence-corrected chi connectivity index (χ3v) is 7.80. The molecule has 6 rings (SSSR count). The fraction of sp³-hybridized carbons (Fsp3) is 0.478. The van der Waals surface area contributed by atoms with Gasteiger partial charge < -0.3 is 5.32 Å². The van der Waals surface area contributed by atoms with Crippen molar-refractivity contribution >= 4 is 17.7 Å². The Balaban J connectivity index is 1.31. The van der Waals surface area contributed by atoms with E-state index in [1.807, 2.05) is 12.1 Å². The first kappa shape index (κ1) is 18.2. The Labute approximate surface area is 169 Å². The van der Waals surface area contributed by atoms with Crippen LogP contribution in [-0.2, 0) is 5.75 Å². The lowest BCUT2D eigenvalue weighted by molar-refractivity contribution is -0.0167. The monoisotopic (exact) mass is 396 g/mol. The first-order valence-corrected chi connectivity index (χ1v) is 11.2. The highest BCUT2D eigenvalue weighted by Gasteiger charge is 2.51. The van der Waals surface area contributed by atoms with Crippen LogP contribution in [0.5, 0.6) is 0 Å². The molecule has 1 aromatic carbocycles. The predicted octanol–water partition coefficient (Wildman–Crippen LogP) is 5.21. The molecule has 1 amide bonds. The van der Waals surface area contributed by atoms with Gasteiger partial charge in [-0.15, -0.1) is 11.8 Å². The van der Waals surface area contributed by atoms with Crippen molar-refractivity contribution in [3.05, 3.63) is 59.5 Å². The minimum absolute atomic E-state index is 0.000564. The molecule has 3 nitrogen and oxygen atoms in total. The van der Waals surface area contributed by atoms with Crippen LogP contribution < -0.4 is 5.32 Å². The van der Waals surface area contributed by atoms with E-state index in [1.165, 1.54) is 43.2 Å². The average molecular weight is 397 g/mol. The van der Waals surface area contributed by atoms with Gasteiger partial charge in [-0.3, -0.25) is 4.79 Å². The number of carbonyl (C=O) groups is 1. The number of thioether (sulfide) groups is 1. The highest BCUT2D eigenvalue weighted by molar-refractivity contribution is 7.98. The van der Waals surface area contributed by atoms with Crippen molar-refractivity contribution in [1.82, 2.24) is 10.3 Å². The van der Waals surface area contributed by atoms with E-state index < -0.39 is 0 Å². The summed E-state index contributed by atoms with van der Waals surface area (Å²) >= 11 is 1.53. The second-order valence-corrected chi connectivity index (χ2v) is 9.89. The molecule has 1 heterocycles. The highest BCUT2D eigenvalue weighted by atomic mass is 32.2. The van der Waals surface area contributed by atoms with Crippen LogP contribution in [0.4, 0.5) is 4.39 Å². The van der Waals surface area contributed by atoms with Crippen molar-refractivity contribution in [3.8, 4) is 0 Å². The number of hydrogen-bond donors (Lipinski definition) is 1. The van der Waals surface area contributed by atoms with Crippen LogP contribution in [-0.4, -0.2) is 16.4 Å². The number of benzene rings is 1. The molecular weight excluding hydrogens is 371 g/mol. The zero-order valence-electron chi connectivity index (χ0n) is 15.9. The molecule has 0 radical (unpaired) electrons. The molecule has 0 spiro atoms. The third-order valence-electron chi connectivity index (χ3n) is 6.72. The van der Waals surface area contributed by atoms with Crippen LogP contribution in [0.2, 0.25) is 0 Å². The van der Waals surface area contributed by atoms with Gasteiger partial charge in [0.1, 0.15) is 10.8 Å². The summed E-state index contributed by atoms with van der Waals surface area (Å²) in [5, 5.41) is 4.19. The Morgan fingerprint density at radius 1 is 1.07 bits per heavy atom. The molecule has 4 aliphatic rings. The maximum absolute atomic E-state index is 13.2. The fourth-order valence-electron chi connectivity index (χ4n) is 5.98. The van der Waals surface area contributed by atoms with Crippen molar-refractivity contribution in [2.75, 3.05) is 0 Å². The normalized spacial score (nSPS) is 30.4. The van der Waals surface area contributed by atoms with E-state index in [0.717, 1.165) is 47.6 Å². The molecule has 2 aromatic rings. The van der Waals surface area contributed by atoms with E-state index in [4.69, 9.17) is 0 Å². The summed E-state index contributed by atoms with van der Waals surface area (Å²) in [6, 6.07) is 10.2. The highest BCUT2D eigenvalue weighted by Crippen LogP contribution is 2.55. The van der Waals surface area contributed by atoms with E-state index in [9.17, 15) is 9.18 Å². The first-order chi connectivity index (χ1) is 13.6. The van der Waals surface area contributed by atoms with Crippen LogP contribution in [0, 0.1) is 23.6 Å². The van der Waals surface area contributed by atoms with Gasteiger partial charge in [0, 0.05) is 17.5 Å². The molecule has 1 aromatic heterocycles. The van der Waals surface area contributed by atoms with Crippen LogP contribution in [0.3, 0.4) is 0 Å². The smallest absolute Gasteiger partial charge is 0.254 e. The summed E-state index contributed by atoms with van der Waals surface area (Å²) in [5.74, 6) is 2.83. The molecule has 0 atom stereocenters. The Morgan fingerprint density at radius 2 is 1.71 bits per heavy atom. The van der Waals surface area contributed by atoms with Gasteiger partial charge in [0.05, 0.1) is 5.56 Å². The van der Waals surface area contributed by atoms with Crippen molar-refractivity contribution in [2.24, 2.45) is 17.8 Å². The Hall–Kier alpha value is -1.88. The van der Waals surface area contributed by atoms with Gasteiger partial charge in [-0.2, -0.15) is 0 Å². The maximum atomic E-state index is 13.2. The van der Waals surface area contributed by atoms with Crippen LogP contribution in [0.25, 0.3) is 0 Å². The van der Waals surface area contributed by atoms with Gasteiger partial charge in [0.15, 0.2) is 0 Å². The molecule has 146 valence electrons. The zero-order valence-corrected chi connectivity index (χ0v) is 16.7. The van der Waals surface area contributed by atoms with Crippen molar-refractivity contribution < 1.29 is 9.18 Å². The number of halogens is 1. The quantitative estimate of drug-likeness (QED) is 0.705. The molecule has 28 heavy (non-hydrogen) atoms. The summed E-state index contributed by atoms with van der Waals surface area (Å²) in [4.78, 5) is 17.6. The van der Waals surface area contributed by atoms with Gasteiger partial charge in [-0.1, -0.05) is 12.1 Å². The number of amides is 1. The summed E-state index contributed by atoms with van der Waals surface area (Å²) < 4.78 is 13.1. The lowest BCUT2D eigenvalue weighted by atomic mass is 9.53. The van der Waals surface area contributed by atoms with Gasteiger partial charge in [0.2, 0.25) is 0 Å². The van der Waals surface area contributed by atoms with Crippen molar-refractivity contribution in [3.63, 3.8) is 0 Å². The molecule has 4 saturated carbocycles. The lowest BCUT2D eigenvalue weighted by Gasteiger charge is -2.56. The standard InChI is InChI=1S/C23H25FN2OS/c24-19-5-3-15(4-6-19)14-28-22-20(2-1-7-25-22)21(27)26-23-11-16-8-17(12-23)10-18(9-16)13-23/h1-7,16-18H,8-14H2,(H,26,27). The van der Waals surface area contributed by atoms with Gasteiger partial charge in [-0.25, -0.2) is 9.37 Å². The molecule has 0 saturated heterocycles. The summed E-state index contributed by atoms with van der Waals surface area (Å²) in [6.45, 7) is 0. The van der Waals surface area contributed by atoms with E-state index in [0.29, 0.717) is 11.3 Å². The second kappa shape index (κ2) is 7.18. The Kier molecular flexibility index (Phi) is 4.66. The molecule has 4 fully saturated rings. The van der Waals surface area contributed by atoms with Crippen LogP contribution in [0.15, 0.2) is 47.6 Å². The number of aromatic nitrogens is 1. The molecule has 0 aliphatic heterocycles. The Morgan fingerprint density at radius 3 is 2.36 bits per heavy atom. The number of carbonyl (C=O) groups excluding carboxylic acids is 1. The second-order valence-electron chi connectivity index (χ2n) is 8.92. The number of pyridine rings is 1. The average Bonchev–Trinajstić information content (AvgIpc) is 2.66. The zero-order chi connectivity index (χ0) is 19.1.